The molecule has 5 nitrogen and oxygen atoms in total. The first-order chi connectivity index (χ1) is 7.02. The standard InChI is InChI=1S/C10H15NO4/c1-4-10(6-5-7-12,9(14)15-3)11-8(2)13/h4,7H,1,5-6H2,2-3H3,(H,11,13). The van der Waals surface area contributed by atoms with Crippen LogP contribution in [-0.2, 0) is 19.1 Å². The molecule has 0 bridgehead atoms. The van der Waals surface area contributed by atoms with Gasteiger partial charge in [0.05, 0.1) is 7.11 Å². The maximum atomic E-state index is 11.5. The predicted octanol–water partition coefficient (Wildman–Crippen LogP) is 0.199. The summed E-state index contributed by atoms with van der Waals surface area (Å²) in [6.07, 6.45) is 2.24. The molecule has 0 radical (unpaired) electrons. The van der Waals surface area contributed by atoms with E-state index in [1.54, 1.807) is 0 Å². The smallest absolute Gasteiger partial charge is 0.335 e. The largest absolute Gasteiger partial charge is 0.467 e. The van der Waals surface area contributed by atoms with E-state index in [0.717, 1.165) is 0 Å². The van der Waals surface area contributed by atoms with Crippen LogP contribution in [0, 0.1) is 0 Å². The van der Waals surface area contributed by atoms with E-state index in [4.69, 9.17) is 0 Å². The first-order valence-electron chi connectivity index (χ1n) is 4.47. The minimum Gasteiger partial charge on any atom is -0.467 e. The van der Waals surface area contributed by atoms with Gasteiger partial charge in [0.15, 0.2) is 5.54 Å². The maximum absolute atomic E-state index is 11.5. The Kier molecular flexibility index (Phi) is 5.30. The summed E-state index contributed by atoms with van der Waals surface area (Å²) in [5.74, 6) is -1.01. The van der Waals surface area contributed by atoms with Crippen molar-refractivity contribution >= 4 is 18.2 Å². The molecule has 0 aromatic heterocycles. The van der Waals surface area contributed by atoms with Crippen molar-refractivity contribution in [2.24, 2.45) is 0 Å². The molecular weight excluding hydrogens is 198 g/mol. The van der Waals surface area contributed by atoms with E-state index in [9.17, 15) is 14.4 Å². The first kappa shape index (κ1) is 13.4. The van der Waals surface area contributed by atoms with Gasteiger partial charge in [-0.25, -0.2) is 4.79 Å². The number of carbonyl (C=O) groups excluding carboxylic acids is 3. The molecule has 0 aliphatic rings. The van der Waals surface area contributed by atoms with Crippen LogP contribution in [0.15, 0.2) is 12.7 Å². The van der Waals surface area contributed by atoms with Crippen LogP contribution in [0.3, 0.4) is 0 Å². The van der Waals surface area contributed by atoms with Gasteiger partial charge >= 0.3 is 5.97 Å². The van der Waals surface area contributed by atoms with E-state index in [2.05, 4.69) is 16.6 Å². The van der Waals surface area contributed by atoms with Crippen molar-refractivity contribution < 1.29 is 19.1 Å². The quantitative estimate of drug-likeness (QED) is 0.388. The summed E-state index contributed by atoms with van der Waals surface area (Å²) < 4.78 is 4.56. The van der Waals surface area contributed by atoms with E-state index >= 15 is 0 Å². The molecule has 0 aromatic carbocycles. The van der Waals surface area contributed by atoms with E-state index in [0.29, 0.717) is 6.29 Å². The third kappa shape index (κ3) is 3.53. The number of hydrogen-bond acceptors (Lipinski definition) is 4. The molecule has 84 valence electrons. The first-order valence-corrected chi connectivity index (χ1v) is 4.47. The molecule has 1 atom stereocenters. The van der Waals surface area contributed by atoms with E-state index < -0.39 is 11.5 Å². The summed E-state index contributed by atoms with van der Waals surface area (Å²) in [6.45, 7) is 4.76. The second-order valence-electron chi connectivity index (χ2n) is 3.05. The Morgan fingerprint density at radius 1 is 1.53 bits per heavy atom. The number of hydrogen-bond donors (Lipinski definition) is 1. The van der Waals surface area contributed by atoms with Gasteiger partial charge in [-0.15, -0.1) is 6.58 Å². The van der Waals surface area contributed by atoms with Gasteiger partial charge in [-0.3, -0.25) is 4.79 Å². The predicted molar refractivity (Wildman–Crippen MR) is 54.1 cm³/mol. The van der Waals surface area contributed by atoms with Gasteiger partial charge in [0.1, 0.15) is 6.29 Å². The molecule has 0 aromatic rings. The Morgan fingerprint density at radius 2 is 2.13 bits per heavy atom. The molecule has 0 aliphatic carbocycles. The fourth-order valence-electron chi connectivity index (χ4n) is 1.23. The second kappa shape index (κ2) is 5.95. The molecule has 0 aliphatic heterocycles. The Balaban J connectivity index is 4.90. The summed E-state index contributed by atoms with van der Waals surface area (Å²) >= 11 is 0. The summed E-state index contributed by atoms with van der Waals surface area (Å²) in [5.41, 5.74) is -1.30. The molecule has 1 N–H and O–H groups in total. The lowest BCUT2D eigenvalue weighted by Crippen LogP contribution is -2.53. The zero-order valence-corrected chi connectivity index (χ0v) is 8.91. The van der Waals surface area contributed by atoms with Gasteiger partial charge in [0.2, 0.25) is 5.91 Å². The molecule has 0 saturated carbocycles. The van der Waals surface area contributed by atoms with Gasteiger partial charge in [0.25, 0.3) is 0 Å². The van der Waals surface area contributed by atoms with E-state index in [1.165, 1.54) is 20.1 Å². The topological polar surface area (TPSA) is 72.5 Å². The Hall–Kier alpha value is -1.65. The minimum absolute atomic E-state index is 0.140. The zero-order valence-electron chi connectivity index (χ0n) is 8.91. The van der Waals surface area contributed by atoms with Gasteiger partial charge in [-0.2, -0.15) is 0 Å². The van der Waals surface area contributed by atoms with Crippen LogP contribution in [0.25, 0.3) is 0 Å². The molecule has 0 fully saturated rings. The van der Waals surface area contributed by atoms with Crippen molar-refractivity contribution in [3.8, 4) is 0 Å². The van der Waals surface area contributed by atoms with Crippen molar-refractivity contribution in [2.75, 3.05) is 7.11 Å². The van der Waals surface area contributed by atoms with Crippen molar-refractivity contribution in [1.82, 2.24) is 5.32 Å². The lowest BCUT2D eigenvalue weighted by Gasteiger charge is -2.27. The van der Waals surface area contributed by atoms with Crippen molar-refractivity contribution in [2.45, 2.75) is 25.3 Å². The van der Waals surface area contributed by atoms with Crippen LogP contribution < -0.4 is 5.32 Å². The van der Waals surface area contributed by atoms with Gasteiger partial charge in [-0.1, -0.05) is 6.08 Å². The molecule has 15 heavy (non-hydrogen) atoms. The number of aldehydes is 1. The van der Waals surface area contributed by atoms with Crippen LogP contribution in [-0.4, -0.2) is 30.8 Å². The number of methoxy groups -OCH3 is 1. The Labute approximate surface area is 88.5 Å². The third-order valence-electron chi connectivity index (χ3n) is 1.95. The number of rotatable bonds is 6. The van der Waals surface area contributed by atoms with E-state index in [1.807, 2.05) is 0 Å². The number of esters is 1. The van der Waals surface area contributed by atoms with Crippen molar-refractivity contribution in [3.63, 3.8) is 0 Å². The molecule has 1 unspecified atom stereocenters. The summed E-state index contributed by atoms with van der Waals surface area (Å²) in [7, 11) is 1.21. The highest BCUT2D eigenvalue weighted by Crippen LogP contribution is 2.16. The van der Waals surface area contributed by atoms with Crippen LogP contribution >= 0.6 is 0 Å². The highest BCUT2D eigenvalue weighted by atomic mass is 16.5. The summed E-state index contributed by atoms with van der Waals surface area (Å²) in [4.78, 5) is 32.7. The average Bonchev–Trinajstić information content (AvgIpc) is 2.22. The highest BCUT2D eigenvalue weighted by molar-refractivity contribution is 5.89. The lowest BCUT2D eigenvalue weighted by molar-refractivity contribution is -0.148. The third-order valence-corrected chi connectivity index (χ3v) is 1.95. The minimum atomic E-state index is -1.30. The van der Waals surface area contributed by atoms with Crippen LogP contribution in [0.2, 0.25) is 0 Å². The molecule has 0 saturated heterocycles. The van der Waals surface area contributed by atoms with Gasteiger partial charge in [-0.05, 0) is 6.42 Å². The number of amides is 1. The monoisotopic (exact) mass is 213 g/mol. The number of carbonyl (C=O) groups is 3. The maximum Gasteiger partial charge on any atom is 0.335 e. The number of nitrogens with one attached hydrogen (secondary N) is 1. The molecule has 5 heteroatoms. The molecular formula is C10H15NO4. The normalized spacial score (nSPS) is 13.5. The van der Waals surface area contributed by atoms with Crippen LogP contribution in [0.5, 0.6) is 0 Å². The Bertz CT molecular complexity index is 275. The average molecular weight is 213 g/mol. The molecule has 0 heterocycles. The van der Waals surface area contributed by atoms with Crippen LogP contribution in [0.1, 0.15) is 19.8 Å². The highest BCUT2D eigenvalue weighted by Gasteiger charge is 2.36. The molecule has 0 spiro atoms. The summed E-state index contributed by atoms with van der Waals surface area (Å²) in [5, 5.41) is 2.44. The van der Waals surface area contributed by atoms with Crippen molar-refractivity contribution in [1.29, 1.82) is 0 Å². The summed E-state index contributed by atoms with van der Waals surface area (Å²) in [6, 6.07) is 0. The zero-order chi connectivity index (χ0) is 11.9. The van der Waals surface area contributed by atoms with Crippen LogP contribution in [0.4, 0.5) is 0 Å². The SMILES string of the molecule is C=CC(CCC=O)(NC(C)=O)C(=O)OC. The van der Waals surface area contributed by atoms with Crippen molar-refractivity contribution in [3.05, 3.63) is 12.7 Å². The Morgan fingerprint density at radius 3 is 2.47 bits per heavy atom. The molecule has 0 rings (SSSR count). The van der Waals surface area contributed by atoms with Gasteiger partial charge < -0.3 is 14.8 Å². The van der Waals surface area contributed by atoms with E-state index in [-0.39, 0.29) is 18.7 Å². The second-order valence-corrected chi connectivity index (χ2v) is 3.05. The fourth-order valence-corrected chi connectivity index (χ4v) is 1.23. The lowest BCUT2D eigenvalue weighted by atomic mass is 9.93. The van der Waals surface area contributed by atoms with Gasteiger partial charge in [0, 0.05) is 13.3 Å². The number of ether oxygens (including phenoxy) is 1. The molecule has 1 amide bonds. The fraction of sp³-hybridized carbons (Fsp3) is 0.500.